The van der Waals surface area contributed by atoms with Gasteiger partial charge in [-0.15, -0.1) is 10.2 Å². The molecule has 0 N–H and O–H groups in total. The smallest absolute Gasteiger partial charge is 0.233 e. The molecule has 2 aromatic rings. The highest BCUT2D eigenvalue weighted by Gasteiger charge is 2.18. The molecule has 0 aliphatic heterocycles. The third kappa shape index (κ3) is 3.95. The van der Waals surface area contributed by atoms with Gasteiger partial charge < -0.3 is 9.47 Å². The van der Waals surface area contributed by atoms with Gasteiger partial charge in [-0.2, -0.15) is 0 Å². The van der Waals surface area contributed by atoms with Gasteiger partial charge in [0.05, 0.1) is 5.75 Å². The highest BCUT2D eigenvalue weighted by molar-refractivity contribution is 7.99. The van der Waals surface area contributed by atoms with E-state index >= 15 is 0 Å². The summed E-state index contributed by atoms with van der Waals surface area (Å²) in [5, 5.41) is 9.62. The van der Waals surface area contributed by atoms with Gasteiger partial charge in [0.25, 0.3) is 0 Å². The monoisotopic (exact) mass is 372 g/mol. The van der Waals surface area contributed by atoms with Crippen LogP contribution in [0.15, 0.2) is 23.4 Å². The zero-order valence-electron chi connectivity index (χ0n) is 16.0. The summed E-state index contributed by atoms with van der Waals surface area (Å²) < 4.78 is 2.12. The van der Waals surface area contributed by atoms with E-state index in [-0.39, 0.29) is 5.91 Å². The van der Waals surface area contributed by atoms with Gasteiger partial charge in [-0.3, -0.25) is 4.79 Å². The highest BCUT2D eigenvalue weighted by atomic mass is 32.2. The zero-order chi connectivity index (χ0) is 18.5. The second-order valence-electron chi connectivity index (χ2n) is 6.60. The number of carbonyl (C=O) groups excluding carboxylic acids is 1. The molecular formula is C20H28N4OS. The van der Waals surface area contributed by atoms with Crippen LogP contribution >= 0.6 is 11.8 Å². The predicted molar refractivity (Wildman–Crippen MR) is 106 cm³/mol. The molecule has 1 aliphatic carbocycles. The number of aryl methyl sites for hydroxylation is 2. The van der Waals surface area contributed by atoms with Crippen LogP contribution in [-0.2, 0) is 24.2 Å². The zero-order valence-corrected chi connectivity index (χ0v) is 16.8. The Labute approximate surface area is 160 Å². The second-order valence-corrected chi connectivity index (χ2v) is 7.54. The molecule has 140 valence electrons. The molecule has 0 radical (unpaired) electrons. The van der Waals surface area contributed by atoms with Crippen LogP contribution in [0.1, 0.15) is 44.7 Å². The van der Waals surface area contributed by atoms with Gasteiger partial charge in [-0.1, -0.05) is 23.9 Å². The Hall–Kier alpha value is -1.82. The van der Waals surface area contributed by atoms with Crippen LogP contribution in [0.4, 0.5) is 0 Å². The maximum absolute atomic E-state index is 12.3. The Kier molecular flexibility index (Phi) is 6.35. The lowest BCUT2D eigenvalue weighted by molar-refractivity contribution is -0.127. The minimum absolute atomic E-state index is 0.154. The Morgan fingerprint density at radius 1 is 1.12 bits per heavy atom. The minimum Gasteiger partial charge on any atom is -0.343 e. The average Bonchev–Trinajstić information content (AvgIpc) is 3.09. The lowest BCUT2D eigenvalue weighted by atomic mass is 9.90. The summed E-state index contributed by atoms with van der Waals surface area (Å²) in [7, 11) is 0. The molecule has 0 bridgehead atoms. The van der Waals surface area contributed by atoms with E-state index < -0.39 is 0 Å². The molecule has 1 aromatic carbocycles. The lowest BCUT2D eigenvalue weighted by Gasteiger charge is -2.18. The molecule has 0 spiro atoms. The summed E-state index contributed by atoms with van der Waals surface area (Å²) in [4.78, 5) is 14.1. The maximum Gasteiger partial charge on any atom is 0.233 e. The SMILES string of the molecule is CCN(CC)C(=O)CSc1nnc(-c2ccc3c(c2)CCCC3)n1CC. The molecule has 26 heavy (non-hydrogen) atoms. The van der Waals surface area contributed by atoms with Crippen LogP contribution in [0.3, 0.4) is 0 Å². The Balaban J connectivity index is 1.79. The summed E-state index contributed by atoms with van der Waals surface area (Å²) in [5.74, 6) is 1.46. The molecule has 0 unspecified atom stereocenters. The largest absolute Gasteiger partial charge is 0.343 e. The Morgan fingerprint density at radius 3 is 2.54 bits per heavy atom. The minimum atomic E-state index is 0.154. The summed E-state index contributed by atoms with van der Waals surface area (Å²) in [5.41, 5.74) is 4.05. The van der Waals surface area contributed by atoms with E-state index in [0.29, 0.717) is 5.75 Å². The number of hydrogen-bond donors (Lipinski definition) is 0. The molecule has 3 rings (SSSR count). The summed E-state index contributed by atoms with van der Waals surface area (Å²) in [6.07, 6.45) is 4.90. The van der Waals surface area contributed by atoms with Crippen molar-refractivity contribution in [1.82, 2.24) is 19.7 Å². The van der Waals surface area contributed by atoms with Crippen molar-refractivity contribution in [1.29, 1.82) is 0 Å². The molecule has 0 atom stereocenters. The lowest BCUT2D eigenvalue weighted by Crippen LogP contribution is -2.31. The highest BCUT2D eigenvalue weighted by Crippen LogP contribution is 2.29. The van der Waals surface area contributed by atoms with Crippen LogP contribution in [0, 0.1) is 0 Å². The molecule has 1 aliphatic rings. The average molecular weight is 373 g/mol. The van der Waals surface area contributed by atoms with E-state index in [2.05, 4.69) is 39.9 Å². The van der Waals surface area contributed by atoms with Crippen molar-refractivity contribution in [3.05, 3.63) is 29.3 Å². The number of thioether (sulfide) groups is 1. The van der Waals surface area contributed by atoms with Gasteiger partial charge in [-0.25, -0.2) is 0 Å². The van der Waals surface area contributed by atoms with E-state index in [9.17, 15) is 4.79 Å². The number of hydrogen-bond acceptors (Lipinski definition) is 4. The van der Waals surface area contributed by atoms with E-state index in [1.807, 2.05) is 18.7 Å². The van der Waals surface area contributed by atoms with Gasteiger partial charge in [0.15, 0.2) is 11.0 Å². The summed E-state index contributed by atoms with van der Waals surface area (Å²) in [6.45, 7) is 8.40. The van der Waals surface area contributed by atoms with Crippen molar-refractivity contribution in [3.63, 3.8) is 0 Å². The van der Waals surface area contributed by atoms with Crippen molar-refractivity contribution >= 4 is 17.7 Å². The quantitative estimate of drug-likeness (QED) is 0.694. The first-order valence-electron chi connectivity index (χ1n) is 9.63. The summed E-state index contributed by atoms with van der Waals surface area (Å²) >= 11 is 1.48. The topological polar surface area (TPSA) is 51.0 Å². The fraction of sp³-hybridized carbons (Fsp3) is 0.550. The maximum atomic E-state index is 12.3. The standard InChI is InChI=1S/C20H28N4OS/c1-4-23(5-2)18(25)14-26-20-22-21-19(24(20)6-3)17-12-11-15-9-7-8-10-16(15)13-17/h11-13H,4-10,14H2,1-3H3. The molecule has 1 heterocycles. The summed E-state index contributed by atoms with van der Waals surface area (Å²) in [6, 6.07) is 6.69. The van der Waals surface area contributed by atoms with E-state index in [1.165, 1.54) is 42.2 Å². The fourth-order valence-corrected chi connectivity index (χ4v) is 4.47. The Morgan fingerprint density at radius 2 is 1.85 bits per heavy atom. The number of rotatable bonds is 7. The van der Waals surface area contributed by atoms with Gasteiger partial charge in [-0.05, 0) is 63.6 Å². The van der Waals surface area contributed by atoms with Gasteiger partial charge in [0, 0.05) is 25.2 Å². The predicted octanol–water partition coefficient (Wildman–Crippen LogP) is 3.80. The first-order valence-corrected chi connectivity index (χ1v) is 10.6. The number of fused-ring (bicyclic) bond motifs is 1. The molecule has 0 saturated carbocycles. The van der Waals surface area contributed by atoms with Crippen LogP contribution in [-0.4, -0.2) is 44.4 Å². The number of amides is 1. The van der Waals surface area contributed by atoms with Gasteiger partial charge in [0.1, 0.15) is 0 Å². The molecule has 1 aromatic heterocycles. The van der Waals surface area contributed by atoms with E-state index in [1.54, 1.807) is 0 Å². The first-order chi connectivity index (χ1) is 12.7. The van der Waals surface area contributed by atoms with Gasteiger partial charge in [0.2, 0.25) is 5.91 Å². The number of nitrogens with zero attached hydrogens (tertiary/aromatic N) is 4. The van der Waals surface area contributed by atoms with Crippen molar-refractivity contribution in [2.24, 2.45) is 0 Å². The van der Waals surface area contributed by atoms with Crippen molar-refractivity contribution in [3.8, 4) is 11.4 Å². The van der Waals surface area contributed by atoms with E-state index in [4.69, 9.17) is 0 Å². The Bertz CT molecular complexity index is 767. The number of benzene rings is 1. The number of carbonyl (C=O) groups is 1. The van der Waals surface area contributed by atoms with Crippen LogP contribution in [0.25, 0.3) is 11.4 Å². The molecule has 0 fully saturated rings. The van der Waals surface area contributed by atoms with Crippen LogP contribution in [0.2, 0.25) is 0 Å². The van der Waals surface area contributed by atoms with Crippen molar-refractivity contribution in [2.45, 2.75) is 58.2 Å². The first kappa shape index (κ1) is 19.0. The van der Waals surface area contributed by atoms with E-state index in [0.717, 1.165) is 42.6 Å². The number of aromatic nitrogens is 3. The third-order valence-corrected chi connectivity index (χ3v) is 6.03. The second kappa shape index (κ2) is 8.71. The molecule has 1 amide bonds. The molecule has 0 saturated heterocycles. The fourth-order valence-electron chi connectivity index (χ4n) is 3.56. The van der Waals surface area contributed by atoms with Crippen molar-refractivity contribution in [2.75, 3.05) is 18.8 Å². The van der Waals surface area contributed by atoms with Crippen LogP contribution in [0.5, 0.6) is 0 Å². The molecular weight excluding hydrogens is 344 g/mol. The molecule has 5 nitrogen and oxygen atoms in total. The van der Waals surface area contributed by atoms with Gasteiger partial charge >= 0.3 is 0 Å². The van der Waals surface area contributed by atoms with Crippen molar-refractivity contribution < 1.29 is 4.79 Å². The third-order valence-electron chi connectivity index (χ3n) is 5.08. The normalized spacial score (nSPS) is 13.5. The van der Waals surface area contributed by atoms with Crippen LogP contribution < -0.4 is 0 Å². The molecule has 6 heteroatoms.